The van der Waals surface area contributed by atoms with Crippen LogP contribution in [-0.2, 0) is 0 Å². The van der Waals surface area contributed by atoms with Gasteiger partial charge in [-0.2, -0.15) is 0 Å². The normalized spacial score (nSPS) is 12.6. The van der Waals surface area contributed by atoms with Crippen LogP contribution in [0, 0.1) is 5.92 Å². The Morgan fingerprint density at radius 2 is 1.88 bits per heavy atom. The van der Waals surface area contributed by atoms with Crippen molar-refractivity contribution in [3.63, 3.8) is 0 Å². The topological polar surface area (TPSA) is 30.5 Å². The average molecular weight is 237 g/mol. The molecule has 0 saturated heterocycles. The van der Waals surface area contributed by atoms with Gasteiger partial charge in [0.1, 0.15) is 11.5 Å². The van der Waals surface area contributed by atoms with Crippen molar-refractivity contribution in [3.8, 4) is 11.5 Å². The van der Waals surface area contributed by atoms with E-state index in [1.54, 1.807) is 14.2 Å². The summed E-state index contributed by atoms with van der Waals surface area (Å²) in [6.45, 7) is 5.38. The zero-order chi connectivity index (χ0) is 12.8. The SMILES string of the molecule is CNCC(c1cc(OC)ccc1OC)C(C)C. The molecule has 0 spiro atoms. The van der Waals surface area contributed by atoms with Crippen molar-refractivity contribution < 1.29 is 9.47 Å². The third kappa shape index (κ3) is 3.37. The van der Waals surface area contributed by atoms with E-state index in [-0.39, 0.29) is 0 Å². The predicted octanol–water partition coefficient (Wildman–Crippen LogP) is 2.66. The Balaban J connectivity index is 3.13. The fraction of sp³-hybridized carbons (Fsp3) is 0.571. The minimum Gasteiger partial charge on any atom is -0.497 e. The van der Waals surface area contributed by atoms with E-state index in [0.29, 0.717) is 11.8 Å². The van der Waals surface area contributed by atoms with Gasteiger partial charge < -0.3 is 14.8 Å². The van der Waals surface area contributed by atoms with Crippen LogP contribution >= 0.6 is 0 Å². The molecule has 0 amide bonds. The van der Waals surface area contributed by atoms with Gasteiger partial charge in [-0.3, -0.25) is 0 Å². The predicted molar refractivity (Wildman–Crippen MR) is 71.1 cm³/mol. The van der Waals surface area contributed by atoms with Gasteiger partial charge >= 0.3 is 0 Å². The van der Waals surface area contributed by atoms with Crippen molar-refractivity contribution in [2.75, 3.05) is 27.8 Å². The van der Waals surface area contributed by atoms with Gasteiger partial charge in [0, 0.05) is 18.0 Å². The zero-order valence-corrected chi connectivity index (χ0v) is 11.4. The minimum absolute atomic E-state index is 0.421. The molecule has 0 aliphatic carbocycles. The number of nitrogens with one attached hydrogen (secondary N) is 1. The molecule has 0 fully saturated rings. The Kier molecular flexibility index (Phi) is 5.29. The van der Waals surface area contributed by atoms with Gasteiger partial charge in [-0.25, -0.2) is 0 Å². The molecular weight excluding hydrogens is 214 g/mol. The van der Waals surface area contributed by atoms with E-state index < -0.39 is 0 Å². The first-order valence-electron chi connectivity index (χ1n) is 6.00. The first kappa shape index (κ1) is 13.8. The second-order valence-electron chi connectivity index (χ2n) is 4.52. The molecule has 0 aromatic heterocycles. The lowest BCUT2D eigenvalue weighted by Gasteiger charge is -2.23. The van der Waals surface area contributed by atoms with Crippen molar-refractivity contribution in [3.05, 3.63) is 23.8 Å². The molecule has 3 heteroatoms. The largest absolute Gasteiger partial charge is 0.497 e. The highest BCUT2D eigenvalue weighted by Crippen LogP contribution is 2.34. The van der Waals surface area contributed by atoms with Crippen LogP contribution in [0.2, 0.25) is 0 Å². The Hall–Kier alpha value is -1.22. The van der Waals surface area contributed by atoms with Gasteiger partial charge in [-0.05, 0) is 31.2 Å². The molecule has 0 bridgehead atoms. The second kappa shape index (κ2) is 6.50. The zero-order valence-electron chi connectivity index (χ0n) is 11.4. The van der Waals surface area contributed by atoms with E-state index in [1.165, 1.54) is 5.56 Å². The highest BCUT2D eigenvalue weighted by molar-refractivity contribution is 5.43. The number of ether oxygens (including phenoxy) is 2. The lowest BCUT2D eigenvalue weighted by molar-refractivity contribution is 0.383. The van der Waals surface area contributed by atoms with Crippen LogP contribution in [0.15, 0.2) is 18.2 Å². The summed E-state index contributed by atoms with van der Waals surface area (Å²) < 4.78 is 10.7. The maximum absolute atomic E-state index is 5.44. The first-order chi connectivity index (χ1) is 8.13. The van der Waals surface area contributed by atoms with Crippen molar-refractivity contribution in [1.29, 1.82) is 0 Å². The molecule has 17 heavy (non-hydrogen) atoms. The summed E-state index contributed by atoms with van der Waals surface area (Å²) in [5, 5.41) is 3.24. The molecule has 0 aliphatic rings. The van der Waals surface area contributed by atoms with Crippen molar-refractivity contribution in [1.82, 2.24) is 5.32 Å². The maximum atomic E-state index is 5.44. The van der Waals surface area contributed by atoms with E-state index in [0.717, 1.165) is 18.0 Å². The van der Waals surface area contributed by atoms with Crippen LogP contribution in [0.25, 0.3) is 0 Å². The van der Waals surface area contributed by atoms with Gasteiger partial charge in [0.15, 0.2) is 0 Å². The van der Waals surface area contributed by atoms with Gasteiger partial charge in [0.25, 0.3) is 0 Å². The lowest BCUT2D eigenvalue weighted by Crippen LogP contribution is -2.22. The van der Waals surface area contributed by atoms with Crippen LogP contribution in [0.1, 0.15) is 25.3 Å². The molecule has 1 aromatic rings. The number of rotatable bonds is 6. The third-order valence-electron chi connectivity index (χ3n) is 3.07. The Morgan fingerprint density at radius 3 is 2.35 bits per heavy atom. The average Bonchev–Trinajstić information content (AvgIpc) is 2.34. The fourth-order valence-corrected chi connectivity index (χ4v) is 2.05. The summed E-state index contributed by atoms with van der Waals surface area (Å²) in [5.74, 6) is 2.77. The van der Waals surface area contributed by atoms with Crippen LogP contribution in [0.4, 0.5) is 0 Å². The van der Waals surface area contributed by atoms with Crippen molar-refractivity contribution in [2.45, 2.75) is 19.8 Å². The Morgan fingerprint density at radius 1 is 1.18 bits per heavy atom. The van der Waals surface area contributed by atoms with Gasteiger partial charge in [0.2, 0.25) is 0 Å². The van der Waals surface area contributed by atoms with Crippen LogP contribution in [-0.4, -0.2) is 27.8 Å². The van der Waals surface area contributed by atoms with Gasteiger partial charge in [-0.1, -0.05) is 13.8 Å². The second-order valence-corrected chi connectivity index (χ2v) is 4.52. The molecule has 0 heterocycles. The molecule has 0 saturated carbocycles. The summed E-state index contributed by atoms with van der Waals surface area (Å²) in [6.07, 6.45) is 0. The Bertz CT molecular complexity index is 350. The molecule has 1 unspecified atom stereocenters. The molecule has 1 N–H and O–H groups in total. The van der Waals surface area contributed by atoms with Crippen molar-refractivity contribution >= 4 is 0 Å². The van der Waals surface area contributed by atoms with E-state index in [9.17, 15) is 0 Å². The van der Waals surface area contributed by atoms with E-state index in [2.05, 4.69) is 25.2 Å². The molecule has 96 valence electrons. The summed E-state index contributed by atoms with van der Waals surface area (Å²) in [7, 11) is 5.37. The number of benzene rings is 1. The monoisotopic (exact) mass is 237 g/mol. The smallest absolute Gasteiger partial charge is 0.122 e. The molecule has 1 aromatic carbocycles. The molecule has 0 radical (unpaired) electrons. The van der Waals surface area contributed by atoms with Crippen molar-refractivity contribution in [2.24, 2.45) is 5.92 Å². The third-order valence-corrected chi connectivity index (χ3v) is 3.07. The van der Waals surface area contributed by atoms with E-state index in [4.69, 9.17) is 9.47 Å². The highest BCUT2D eigenvalue weighted by Gasteiger charge is 2.19. The number of likely N-dealkylation sites (N-methyl/N-ethyl adjacent to an activating group) is 1. The number of hydrogen-bond acceptors (Lipinski definition) is 3. The number of hydrogen-bond donors (Lipinski definition) is 1. The summed E-state index contributed by atoms with van der Waals surface area (Å²) in [4.78, 5) is 0. The number of methoxy groups -OCH3 is 2. The van der Waals surface area contributed by atoms with Gasteiger partial charge in [0.05, 0.1) is 14.2 Å². The molecule has 0 aliphatic heterocycles. The summed E-state index contributed by atoms with van der Waals surface area (Å²) in [6, 6.07) is 5.97. The first-order valence-corrected chi connectivity index (χ1v) is 6.00. The molecule has 1 atom stereocenters. The lowest BCUT2D eigenvalue weighted by atomic mass is 9.87. The molecular formula is C14H23NO2. The minimum atomic E-state index is 0.421. The summed E-state index contributed by atoms with van der Waals surface area (Å²) >= 11 is 0. The standard InChI is InChI=1S/C14H23NO2/c1-10(2)13(9-15-3)12-8-11(16-4)6-7-14(12)17-5/h6-8,10,13,15H,9H2,1-5H3. The van der Waals surface area contributed by atoms with E-state index >= 15 is 0 Å². The maximum Gasteiger partial charge on any atom is 0.122 e. The van der Waals surface area contributed by atoms with Gasteiger partial charge in [-0.15, -0.1) is 0 Å². The van der Waals surface area contributed by atoms with E-state index in [1.807, 2.05) is 19.2 Å². The van der Waals surface area contributed by atoms with Crippen LogP contribution < -0.4 is 14.8 Å². The Labute approximate surface area is 104 Å². The molecule has 3 nitrogen and oxygen atoms in total. The highest BCUT2D eigenvalue weighted by atomic mass is 16.5. The van der Waals surface area contributed by atoms with Crippen LogP contribution in [0.5, 0.6) is 11.5 Å². The van der Waals surface area contributed by atoms with Crippen LogP contribution in [0.3, 0.4) is 0 Å². The summed E-state index contributed by atoms with van der Waals surface area (Å²) in [5.41, 5.74) is 1.20. The fourth-order valence-electron chi connectivity index (χ4n) is 2.05. The quantitative estimate of drug-likeness (QED) is 0.825. The molecule has 1 rings (SSSR count).